The molecule has 5 nitrogen and oxygen atoms in total. The van der Waals surface area contributed by atoms with Crippen molar-refractivity contribution in [1.82, 2.24) is 5.16 Å². The van der Waals surface area contributed by atoms with Crippen LogP contribution in [0.2, 0.25) is 5.02 Å². The molecule has 60 valence electrons. The van der Waals surface area contributed by atoms with Crippen LogP contribution in [0.3, 0.4) is 0 Å². The summed E-state index contributed by atoms with van der Waals surface area (Å²) in [4.78, 5) is 20.6. The third-order valence-electron chi connectivity index (χ3n) is 1.04. The summed E-state index contributed by atoms with van der Waals surface area (Å²) in [6.07, 6.45) is -0.343. The van der Waals surface area contributed by atoms with E-state index in [0.29, 0.717) is 0 Å². The number of hydrogen-bond acceptors (Lipinski definition) is 3. The summed E-state index contributed by atoms with van der Waals surface area (Å²) >= 11 is 5.35. The van der Waals surface area contributed by atoms with Crippen molar-refractivity contribution in [2.24, 2.45) is 0 Å². The number of carbonyl (C=O) groups is 1. The Kier molecular flexibility index (Phi) is 2.00. The van der Waals surface area contributed by atoms with Crippen LogP contribution in [0.1, 0.15) is 5.69 Å². The molecule has 1 aromatic rings. The van der Waals surface area contributed by atoms with Gasteiger partial charge in [0.25, 0.3) is 0 Å². The van der Waals surface area contributed by atoms with Crippen molar-refractivity contribution in [1.29, 1.82) is 0 Å². The number of rotatable bonds is 2. The normalized spacial score (nSPS) is 9.91. The predicted molar refractivity (Wildman–Crippen MR) is 35.7 cm³/mol. The molecule has 1 aromatic heterocycles. The summed E-state index contributed by atoms with van der Waals surface area (Å²) in [5, 5.41) is 10.2. The first kappa shape index (κ1) is 7.87. The van der Waals surface area contributed by atoms with Gasteiger partial charge in [0, 0.05) is 0 Å². The molecule has 0 bridgehead atoms. The van der Waals surface area contributed by atoms with Gasteiger partial charge < -0.3 is 9.63 Å². The Balaban J connectivity index is 2.96. The van der Waals surface area contributed by atoms with Gasteiger partial charge in [0.2, 0.25) is 0 Å². The number of carboxylic acid groups (broad SMARTS) is 1. The summed E-state index contributed by atoms with van der Waals surface area (Å²) in [6, 6.07) is 0. The Morgan fingerprint density at radius 2 is 2.36 bits per heavy atom. The largest absolute Gasteiger partial charge is 0.481 e. The van der Waals surface area contributed by atoms with E-state index in [1.165, 1.54) is 0 Å². The monoisotopic (exact) mass is 177 g/mol. The summed E-state index contributed by atoms with van der Waals surface area (Å²) in [5.74, 6) is -1.08. The number of hydrogen-bond donors (Lipinski definition) is 2. The summed E-state index contributed by atoms with van der Waals surface area (Å²) < 4.78 is 4.22. The van der Waals surface area contributed by atoms with E-state index in [4.69, 9.17) is 16.7 Å². The van der Waals surface area contributed by atoms with Gasteiger partial charge in [-0.2, -0.15) is 0 Å². The topological polar surface area (TPSA) is 83.3 Å². The predicted octanol–water partition coefficient (Wildman–Crippen LogP) is 0.248. The first-order valence-corrected chi connectivity index (χ1v) is 3.06. The summed E-state index contributed by atoms with van der Waals surface area (Å²) in [7, 11) is 0. The van der Waals surface area contributed by atoms with E-state index in [1.807, 2.05) is 0 Å². The van der Waals surface area contributed by atoms with Gasteiger partial charge in [0.05, 0.1) is 12.1 Å². The van der Waals surface area contributed by atoms with Gasteiger partial charge in [-0.05, 0) is 0 Å². The Morgan fingerprint density at radius 3 is 2.73 bits per heavy atom. The molecule has 0 radical (unpaired) electrons. The Labute approximate surface area is 65.5 Å². The molecule has 0 spiro atoms. The second-order valence-corrected chi connectivity index (χ2v) is 2.23. The number of H-pyrrole nitrogens is 1. The van der Waals surface area contributed by atoms with Crippen LogP contribution in [0.4, 0.5) is 0 Å². The lowest BCUT2D eigenvalue weighted by atomic mass is 10.3. The molecule has 2 N–H and O–H groups in total. The average Bonchev–Trinajstić information content (AvgIpc) is 2.18. The van der Waals surface area contributed by atoms with Crippen molar-refractivity contribution in [2.75, 3.05) is 0 Å². The fourth-order valence-electron chi connectivity index (χ4n) is 0.586. The minimum Gasteiger partial charge on any atom is -0.481 e. The minimum absolute atomic E-state index is 0.0872. The minimum atomic E-state index is -1.08. The number of aliphatic carboxylic acids is 1. The molecular formula is C5H4ClNO4. The van der Waals surface area contributed by atoms with Crippen molar-refractivity contribution >= 4 is 17.6 Å². The fraction of sp³-hybridized carbons (Fsp3) is 0.200. The van der Waals surface area contributed by atoms with Gasteiger partial charge in [0.1, 0.15) is 0 Å². The lowest BCUT2D eigenvalue weighted by Crippen LogP contribution is -2.01. The average molecular weight is 178 g/mol. The molecule has 6 heteroatoms. The molecule has 0 amide bonds. The summed E-state index contributed by atoms with van der Waals surface area (Å²) in [5.41, 5.74) is -0.660. The molecule has 0 atom stereocenters. The SMILES string of the molecule is O=C(O)Cc1[nH]oc(=O)c1Cl. The van der Waals surface area contributed by atoms with E-state index in [-0.39, 0.29) is 17.1 Å². The Morgan fingerprint density at radius 1 is 1.73 bits per heavy atom. The van der Waals surface area contributed by atoms with E-state index >= 15 is 0 Å². The zero-order valence-electron chi connectivity index (χ0n) is 5.26. The number of halogens is 1. The number of aromatic amines is 1. The fourth-order valence-corrected chi connectivity index (χ4v) is 0.730. The first-order chi connectivity index (χ1) is 5.11. The van der Waals surface area contributed by atoms with Crippen LogP contribution in [0.25, 0.3) is 0 Å². The highest BCUT2D eigenvalue weighted by molar-refractivity contribution is 6.31. The molecule has 0 unspecified atom stereocenters. The van der Waals surface area contributed by atoms with E-state index < -0.39 is 11.6 Å². The molecule has 0 fully saturated rings. The standard InChI is InChI=1S/C5H4ClNO4/c6-4-2(1-3(8)9)7-11-5(4)10/h7H,1H2,(H,8,9). The van der Waals surface area contributed by atoms with Crippen LogP contribution in [0.5, 0.6) is 0 Å². The molecular weight excluding hydrogens is 174 g/mol. The third-order valence-corrected chi connectivity index (χ3v) is 1.42. The van der Waals surface area contributed by atoms with E-state index in [1.54, 1.807) is 0 Å². The maximum atomic E-state index is 10.5. The van der Waals surface area contributed by atoms with Crippen molar-refractivity contribution < 1.29 is 14.4 Å². The maximum Gasteiger partial charge on any atom is 0.375 e. The molecule has 0 saturated heterocycles. The molecule has 0 saturated carbocycles. The third kappa shape index (κ3) is 1.62. The number of carboxylic acids is 1. The quantitative estimate of drug-likeness (QED) is 0.678. The van der Waals surface area contributed by atoms with Crippen LogP contribution in [-0.2, 0) is 11.2 Å². The van der Waals surface area contributed by atoms with Crippen molar-refractivity contribution in [2.45, 2.75) is 6.42 Å². The first-order valence-electron chi connectivity index (χ1n) is 2.69. The Bertz CT molecular complexity index is 325. The molecule has 0 aliphatic heterocycles. The van der Waals surface area contributed by atoms with Crippen LogP contribution < -0.4 is 5.63 Å². The highest BCUT2D eigenvalue weighted by atomic mass is 35.5. The molecule has 1 heterocycles. The lowest BCUT2D eigenvalue weighted by Gasteiger charge is -1.87. The van der Waals surface area contributed by atoms with Crippen LogP contribution in [0, 0.1) is 0 Å². The van der Waals surface area contributed by atoms with Gasteiger partial charge >= 0.3 is 11.6 Å². The molecule has 0 aliphatic rings. The van der Waals surface area contributed by atoms with E-state index in [9.17, 15) is 9.59 Å². The Hall–Kier alpha value is -1.23. The summed E-state index contributed by atoms with van der Waals surface area (Å²) in [6.45, 7) is 0. The van der Waals surface area contributed by atoms with Gasteiger partial charge in [-0.1, -0.05) is 11.6 Å². The van der Waals surface area contributed by atoms with Gasteiger partial charge in [0.15, 0.2) is 5.02 Å². The molecule has 11 heavy (non-hydrogen) atoms. The van der Waals surface area contributed by atoms with E-state index in [2.05, 4.69) is 9.68 Å². The second-order valence-electron chi connectivity index (χ2n) is 1.85. The van der Waals surface area contributed by atoms with Crippen molar-refractivity contribution in [3.05, 3.63) is 21.1 Å². The van der Waals surface area contributed by atoms with Crippen LogP contribution >= 0.6 is 11.6 Å². The number of aromatic nitrogens is 1. The van der Waals surface area contributed by atoms with E-state index in [0.717, 1.165) is 0 Å². The molecule has 0 aromatic carbocycles. The van der Waals surface area contributed by atoms with Gasteiger partial charge in [-0.15, -0.1) is 0 Å². The molecule has 1 rings (SSSR count). The second kappa shape index (κ2) is 2.79. The van der Waals surface area contributed by atoms with Gasteiger partial charge in [-0.3, -0.25) is 4.79 Å². The highest BCUT2D eigenvalue weighted by Crippen LogP contribution is 2.07. The van der Waals surface area contributed by atoms with Crippen molar-refractivity contribution in [3.63, 3.8) is 0 Å². The van der Waals surface area contributed by atoms with Crippen LogP contribution in [-0.4, -0.2) is 16.2 Å². The van der Waals surface area contributed by atoms with Crippen molar-refractivity contribution in [3.8, 4) is 0 Å². The lowest BCUT2D eigenvalue weighted by molar-refractivity contribution is -0.136. The van der Waals surface area contributed by atoms with Gasteiger partial charge in [-0.25, -0.2) is 9.95 Å². The van der Waals surface area contributed by atoms with Crippen LogP contribution in [0.15, 0.2) is 9.32 Å². The zero-order chi connectivity index (χ0) is 8.43. The maximum absolute atomic E-state index is 10.5. The highest BCUT2D eigenvalue weighted by Gasteiger charge is 2.11. The number of nitrogens with one attached hydrogen (secondary N) is 1. The molecule has 0 aliphatic carbocycles. The zero-order valence-corrected chi connectivity index (χ0v) is 6.01. The smallest absolute Gasteiger partial charge is 0.375 e.